The molecule has 1 aromatic carbocycles. The monoisotopic (exact) mass is 353 g/mol. The van der Waals surface area contributed by atoms with Crippen LogP contribution in [0.1, 0.15) is 27.6 Å². The Hall–Kier alpha value is -3.68. The molecule has 1 N–H and O–H groups in total. The van der Waals surface area contributed by atoms with E-state index in [1.165, 1.54) is 18.3 Å². The second kappa shape index (κ2) is 7.06. The van der Waals surface area contributed by atoms with E-state index in [2.05, 4.69) is 10.5 Å². The van der Waals surface area contributed by atoms with E-state index in [9.17, 15) is 14.9 Å². The van der Waals surface area contributed by atoms with Gasteiger partial charge in [0.2, 0.25) is 0 Å². The van der Waals surface area contributed by atoms with Crippen molar-refractivity contribution < 1.29 is 18.6 Å². The smallest absolute Gasteiger partial charge is 0.274 e. The molecule has 0 aliphatic carbocycles. The second-order valence-corrected chi connectivity index (χ2v) is 5.53. The van der Waals surface area contributed by atoms with E-state index in [1.54, 1.807) is 44.2 Å². The summed E-state index contributed by atoms with van der Waals surface area (Å²) in [5.41, 5.74) is 3.53. The topological polar surface area (TPSA) is 111 Å². The van der Waals surface area contributed by atoms with Gasteiger partial charge in [0.25, 0.3) is 11.6 Å². The summed E-state index contributed by atoms with van der Waals surface area (Å²) in [7, 11) is 0. The number of rotatable bonds is 5. The number of nitrogens with one attached hydrogen (secondary N) is 1. The number of aryl methyl sites for hydroxylation is 2. The molecule has 2 aromatic heterocycles. The van der Waals surface area contributed by atoms with Crippen LogP contribution in [0.4, 0.5) is 5.69 Å². The highest BCUT2D eigenvalue weighted by atomic mass is 16.6. The lowest BCUT2D eigenvalue weighted by Crippen LogP contribution is -2.17. The van der Waals surface area contributed by atoms with E-state index >= 15 is 0 Å². The van der Waals surface area contributed by atoms with Crippen molar-refractivity contribution in [1.29, 1.82) is 0 Å². The highest BCUT2D eigenvalue weighted by Gasteiger charge is 2.12. The third-order valence-corrected chi connectivity index (χ3v) is 3.63. The molecule has 3 rings (SSSR count). The molecule has 132 valence electrons. The van der Waals surface area contributed by atoms with E-state index in [0.717, 1.165) is 0 Å². The van der Waals surface area contributed by atoms with Crippen LogP contribution < -0.4 is 5.43 Å². The van der Waals surface area contributed by atoms with Crippen molar-refractivity contribution in [3.05, 3.63) is 75.4 Å². The predicted molar refractivity (Wildman–Crippen MR) is 94.0 cm³/mol. The molecule has 8 nitrogen and oxygen atoms in total. The molecular weight excluding hydrogens is 338 g/mol. The van der Waals surface area contributed by atoms with E-state index in [4.69, 9.17) is 8.83 Å². The summed E-state index contributed by atoms with van der Waals surface area (Å²) in [5, 5.41) is 14.5. The Balaban J connectivity index is 1.66. The highest BCUT2D eigenvalue weighted by Crippen LogP contribution is 2.24. The van der Waals surface area contributed by atoms with Crippen LogP contribution in [0.25, 0.3) is 11.3 Å². The Bertz CT molecular complexity index is 983. The normalized spacial score (nSPS) is 11.0. The maximum absolute atomic E-state index is 12.0. The van der Waals surface area contributed by atoms with Crippen molar-refractivity contribution in [2.45, 2.75) is 13.8 Å². The van der Waals surface area contributed by atoms with Gasteiger partial charge in [-0.1, -0.05) is 0 Å². The molecule has 0 radical (unpaired) electrons. The standard InChI is InChI=1S/C18H15N3O5/c1-11-9-16(12(2)25-11)18(22)20-19-10-15-7-8-17(26-15)13-3-5-14(6-4-13)21(23)24/h3-10H,1-2H3,(H,20,22). The molecule has 0 saturated heterocycles. The van der Waals surface area contributed by atoms with Crippen LogP contribution >= 0.6 is 0 Å². The van der Waals surface area contributed by atoms with Gasteiger partial charge in [0.15, 0.2) is 0 Å². The number of non-ortho nitro benzene ring substituents is 1. The van der Waals surface area contributed by atoms with Crippen LogP contribution in [0, 0.1) is 24.0 Å². The highest BCUT2D eigenvalue weighted by molar-refractivity contribution is 5.95. The Labute approximate surface area is 148 Å². The SMILES string of the molecule is Cc1cc(C(=O)NN=Cc2ccc(-c3ccc([N+](=O)[O-])cc3)o2)c(C)o1. The summed E-state index contributed by atoms with van der Waals surface area (Å²) in [6.45, 7) is 3.46. The number of furan rings is 2. The predicted octanol–water partition coefficient (Wildman–Crippen LogP) is 3.83. The molecule has 0 fully saturated rings. The molecule has 2 heterocycles. The lowest BCUT2D eigenvalue weighted by molar-refractivity contribution is -0.384. The summed E-state index contributed by atoms with van der Waals surface area (Å²) in [4.78, 5) is 22.2. The number of amides is 1. The lowest BCUT2D eigenvalue weighted by atomic mass is 10.1. The van der Waals surface area contributed by atoms with E-state index in [-0.39, 0.29) is 11.6 Å². The molecule has 0 spiro atoms. The van der Waals surface area contributed by atoms with Crippen LogP contribution in [-0.4, -0.2) is 17.0 Å². The fourth-order valence-electron chi connectivity index (χ4n) is 2.40. The van der Waals surface area contributed by atoms with Gasteiger partial charge in [0.1, 0.15) is 23.0 Å². The van der Waals surface area contributed by atoms with Crippen molar-refractivity contribution in [3.63, 3.8) is 0 Å². The minimum absolute atomic E-state index is 0.00887. The van der Waals surface area contributed by atoms with Gasteiger partial charge in [0, 0.05) is 17.7 Å². The zero-order valence-electron chi connectivity index (χ0n) is 14.1. The number of nitro benzene ring substituents is 1. The summed E-state index contributed by atoms with van der Waals surface area (Å²) < 4.78 is 10.9. The average molecular weight is 353 g/mol. The van der Waals surface area contributed by atoms with Crippen LogP contribution in [0.15, 0.2) is 56.4 Å². The van der Waals surface area contributed by atoms with Crippen molar-refractivity contribution in [2.24, 2.45) is 5.10 Å². The zero-order chi connectivity index (χ0) is 18.7. The van der Waals surface area contributed by atoms with Gasteiger partial charge in [-0.05, 0) is 44.2 Å². The summed E-state index contributed by atoms with van der Waals surface area (Å²) >= 11 is 0. The zero-order valence-corrected chi connectivity index (χ0v) is 14.1. The van der Waals surface area contributed by atoms with Crippen LogP contribution in [0.2, 0.25) is 0 Å². The largest absolute Gasteiger partial charge is 0.466 e. The summed E-state index contributed by atoms with van der Waals surface area (Å²) in [6.07, 6.45) is 1.37. The molecule has 0 aliphatic heterocycles. The van der Waals surface area contributed by atoms with Gasteiger partial charge in [-0.25, -0.2) is 5.43 Å². The molecule has 0 saturated carbocycles. The molecule has 3 aromatic rings. The summed E-state index contributed by atoms with van der Waals surface area (Å²) in [6, 6.07) is 11.0. The quantitative estimate of drug-likeness (QED) is 0.426. The Kier molecular flexibility index (Phi) is 4.66. The Morgan fingerprint density at radius 2 is 1.88 bits per heavy atom. The average Bonchev–Trinajstić information content (AvgIpc) is 3.21. The third-order valence-electron chi connectivity index (χ3n) is 3.63. The third kappa shape index (κ3) is 3.69. The number of carbonyl (C=O) groups excluding carboxylic acids is 1. The molecule has 8 heteroatoms. The molecule has 1 amide bonds. The molecule has 26 heavy (non-hydrogen) atoms. The van der Waals surface area contributed by atoms with E-state index in [1.807, 2.05) is 0 Å². The van der Waals surface area contributed by atoms with Gasteiger partial charge in [-0.2, -0.15) is 5.10 Å². The molecule has 0 bridgehead atoms. The van der Waals surface area contributed by atoms with Crippen molar-refractivity contribution >= 4 is 17.8 Å². The number of nitrogens with zero attached hydrogens (tertiary/aromatic N) is 2. The van der Waals surface area contributed by atoms with E-state index < -0.39 is 4.92 Å². The maximum atomic E-state index is 12.0. The number of hydrazone groups is 1. The van der Waals surface area contributed by atoms with Crippen LogP contribution in [0.5, 0.6) is 0 Å². The van der Waals surface area contributed by atoms with Crippen molar-refractivity contribution in [1.82, 2.24) is 5.43 Å². The van der Waals surface area contributed by atoms with Crippen LogP contribution in [0.3, 0.4) is 0 Å². The number of nitro groups is 1. The lowest BCUT2D eigenvalue weighted by Gasteiger charge is -1.97. The van der Waals surface area contributed by atoms with Gasteiger partial charge in [0.05, 0.1) is 16.7 Å². The fraction of sp³-hybridized carbons (Fsp3) is 0.111. The molecule has 0 unspecified atom stereocenters. The number of carbonyl (C=O) groups is 1. The summed E-state index contributed by atoms with van der Waals surface area (Å²) in [5.74, 6) is 1.76. The second-order valence-electron chi connectivity index (χ2n) is 5.53. The van der Waals surface area contributed by atoms with Gasteiger partial charge in [-0.3, -0.25) is 14.9 Å². The maximum Gasteiger partial charge on any atom is 0.274 e. The van der Waals surface area contributed by atoms with Gasteiger partial charge < -0.3 is 8.83 Å². The van der Waals surface area contributed by atoms with Crippen LogP contribution in [-0.2, 0) is 0 Å². The minimum Gasteiger partial charge on any atom is -0.466 e. The number of benzene rings is 1. The molecule has 0 atom stereocenters. The number of hydrogen-bond donors (Lipinski definition) is 1. The fourth-order valence-corrected chi connectivity index (χ4v) is 2.40. The van der Waals surface area contributed by atoms with Gasteiger partial charge in [-0.15, -0.1) is 0 Å². The first-order valence-electron chi connectivity index (χ1n) is 7.69. The molecule has 0 aliphatic rings. The first kappa shape index (κ1) is 17.2. The van der Waals surface area contributed by atoms with Crippen molar-refractivity contribution in [2.75, 3.05) is 0 Å². The first-order valence-corrected chi connectivity index (χ1v) is 7.69. The molecular formula is C18H15N3O5. The number of hydrogen-bond acceptors (Lipinski definition) is 6. The van der Waals surface area contributed by atoms with E-state index in [0.29, 0.717) is 34.2 Å². The Morgan fingerprint density at radius 3 is 2.50 bits per heavy atom. The minimum atomic E-state index is -0.462. The van der Waals surface area contributed by atoms with Gasteiger partial charge >= 0.3 is 0 Å². The van der Waals surface area contributed by atoms with Crippen molar-refractivity contribution in [3.8, 4) is 11.3 Å². The Morgan fingerprint density at radius 1 is 1.15 bits per heavy atom. The first-order chi connectivity index (χ1) is 12.4.